The Kier molecular flexibility index (Phi) is 4.63. The lowest BCUT2D eigenvalue weighted by atomic mass is 9.95. The van der Waals surface area contributed by atoms with E-state index in [1.165, 1.54) is 23.7 Å². The smallest absolute Gasteiger partial charge is 0.305 e. The molecule has 1 aromatic carbocycles. The number of hydrogen-bond donors (Lipinski definition) is 2. The summed E-state index contributed by atoms with van der Waals surface area (Å²) in [7, 11) is 0. The Balaban J connectivity index is 2.03. The second-order valence-corrected chi connectivity index (χ2v) is 7.25. The first-order chi connectivity index (χ1) is 9.75. The monoisotopic (exact) mass is 371 g/mol. The van der Waals surface area contributed by atoms with Gasteiger partial charge in [0, 0.05) is 9.35 Å². The summed E-state index contributed by atoms with van der Waals surface area (Å²) in [6, 6.07) is 5.72. The maximum absolute atomic E-state index is 13.6. The minimum Gasteiger partial charge on any atom is -0.305 e. The van der Waals surface area contributed by atoms with Gasteiger partial charge in [-0.1, -0.05) is 36.7 Å². The number of carbonyl (C=O) groups is 1. The number of hydrogen-bond acceptors (Lipinski definition) is 3. The molecule has 0 aliphatic rings. The summed E-state index contributed by atoms with van der Waals surface area (Å²) in [5.41, 5.74) is 0.0910. The van der Waals surface area contributed by atoms with Crippen molar-refractivity contribution < 1.29 is 9.18 Å². The van der Waals surface area contributed by atoms with Crippen molar-refractivity contribution in [2.75, 3.05) is 10.6 Å². The normalized spacial score (nSPS) is 11.3. The Morgan fingerprint density at radius 2 is 2.00 bits per heavy atom. The van der Waals surface area contributed by atoms with E-state index >= 15 is 0 Å². The van der Waals surface area contributed by atoms with Gasteiger partial charge in [0.25, 0.3) is 0 Å². The molecule has 21 heavy (non-hydrogen) atoms. The average molecular weight is 372 g/mol. The third-order valence-corrected chi connectivity index (χ3v) is 4.38. The van der Waals surface area contributed by atoms with Crippen LogP contribution in [-0.4, -0.2) is 10.4 Å². The summed E-state index contributed by atoms with van der Waals surface area (Å²) in [5, 5.41) is 5.05. The number of nitrogens with one attached hydrogen (secondary N) is 2. The first kappa shape index (κ1) is 15.9. The SMILES string of the molecule is CC(C)(C)c1cc(NC(=O)Nc2ccc(Br)cc2F)ns1. The average Bonchev–Trinajstić information content (AvgIpc) is 2.81. The number of rotatable bonds is 2. The topological polar surface area (TPSA) is 54.0 Å². The number of aromatic nitrogens is 1. The molecule has 2 N–H and O–H groups in total. The zero-order valence-corrected chi connectivity index (χ0v) is 14.2. The van der Waals surface area contributed by atoms with Crippen molar-refractivity contribution in [3.63, 3.8) is 0 Å². The molecule has 0 saturated carbocycles. The maximum Gasteiger partial charge on any atom is 0.324 e. The minimum atomic E-state index is -0.526. The lowest BCUT2D eigenvalue weighted by Gasteiger charge is -2.14. The molecule has 0 atom stereocenters. The summed E-state index contributed by atoms with van der Waals surface area (Å²) in [5.74, 6) is -0.0480. The highest BCUT2D eigenvalue weighted by Gasteiger charge is 2.18. The van der Waals surface area contributed by atoms with E-state index in [1.54, 1.807) is 6.07 Å². The highest BCUT2D eigenvalue weighted by Crippen LogP contribution is 2.28. The van der Waals surface area contributed by atoms with Crippen LogP contribution in [-0.2, 0) is 5.41 Å². The van der Waals surface area contributed by atoms with Gasteiger partial charge in [0.1, 0.15) is 11.6 Å². The Hall–Kier alpha value is -1.47. The van der Waals surface area contributed by atoms with Crippen LogP contribution in [0, 0.1) is 5.82 Å². The van der Waals surface area contributed by atoms with Gasteiger partial charge in [-0.3, -0.25) is 5.32 Å². The molecule has 1 heterocycles. The predicted octanol–water partition coefficient (Wildman–Crippen LogP) is 4.99. The van der Waals surface area contributed by atoms with Crippen LogP contribution in [0.25, 0.3) is 0 Å². The van der Waals surface area contributed by atoms with Crippen molar-refractivity contribution in [3.05, 3.63) is 39.4 Å². The van der Waals surface area contributed by atoms with Gasteiger partial charge >= 0.3 is 6.03 Å². The van der Waals surface area contributed by atoms with Crippen molar-refractivity contribution in [2.24, 2.45) is 0 Å². The third-order valence-electron chi connectivity index (χ3n) is 2.67. The van der Waals surface area contributed by atoms with E-state index in [4.69, 9.17) is 0 Å². The number of amides is 2. The lowest BCUT2D eigenvalue weighted by Crippen LogP contribution is -2.20. The minimum absolute atomic E-state index is 0.0219. The first-order valence-corrected chi connectivity index (χ1v) is 7.82. The molecule has 4 nitrogen and oxygen atoms in total. The summed E-state index contributed by atoms with van der Waals surface area (Å²) in [4.78, 5) is 12.9. The van der Waals surface area contributed by atoms with Gasteiger partial charge < -0.3 is 5.32 Å². The van der Waals surface area contributed by atoms with Crippen LogP contribution in [0.4, 0.5) is 20.7 Å². The first-order valence-electron chi connectivity index (χ1n) is 6.26. The van der Waals surface area contributed by atoms with Crippen LogP contribution >= 0.6 is 27.5 Å². The second kappa shape index (κ2) is 6.11. The molecule has 112 valence electrons. The molecular formula is C14H15BrFN3OS. The molecule has 2 rings (SSSR count). The zero-order chi connectivity index (χ0) is 15.6. The van der Waals surface area contributed by atoms with E-state index in [9.17, 15) is 9.18 Å². The van der Waals surface area contributed by atoms with Crippen molar-refractivity contribution in [1.82, 2.24) is 4.37 Å². The fourth-order valence-electron chi connectivity index (χ4n) is 1.55. The molecule has 2 amide bonds. The van der Waals surface area contributed by atoms with E-state index in [0.29, 0.717) is 10.3 Å². The fraction of sp³-hybridized carbons (Fsp3) is 0.286. The Bertz CT molecular complexity index is 666. The zero-order valence-electron chi connectivity index (χ0n) is 11.8. The van der Waals surface area contributed by atoms with Crippen molar-refractivity contribution in [2.45, 2.75) is 26.2 Å². The number of carbonyl (C=O) groups excluding carboxylic acids is 1. The van der Waals surface area contributed by atoms with Gasteiger partial charge in [-0.25, -0.2) is 9.18 Å². The van der Waals surface area contributed by atoms with Gasteiger partial charge in [0.2, 0.25) is 0 Å². The molecule has 0 fully saturated rings. The van der Waals surface area contributed by atoms with Gasteiger partial charge in [-0.15, -0.1) is 0 Å². The summed E-state index contributed by atoms with van der Waals surface area (Å²) >= 11 is 4.50. The maximum atomic E-state index is 13.6. The molecule has 7 heteroatoms. The number of urea groups is 1. The molecule has 0 bridgehead atoms. The molecular weight excluding hydrogens is 357 g/mol. The molecule has 1 aromatic heterocycles. The van der Waals surface area contributed by atoms with E-state index < -0.39 is 11.8 Å². The molecule has 0 saturated heterocycles. The van der Waals surface area contributed by atoms with Crippen molar-refractivity contribution in [3.8, 4) is 0 Å². The van der Waals surface area contributed by atoms with Crippen LogP contribution in [0.2, 0.25) is 0 Å². The second-order valence-electron chi connectivity index (χ2n) is 5.53. The summed E-state index contributed by atoms with van der Waals surface area (Å²) in [6.45, 7) is 6.21. The van der Waals surface area contributed by atoms with Crippen molar-refractivity contribution >= 4 is 45.0 Å². The highest BCUT2D eigenvalue weighted by molar-refractivity contribution is 9.10. The molecule has 0 spiro atoms. The van der Waals surface area contributed by atoms with Crippen LogP contribution in [0.15, 0.2) is 28.7 Å². The third kappa shape index (κ3) is 4.25. The molecule has 0 aliphatic heterocycles. The van der Waals surface area contributed by atoms with Gasteiger partial charge in [0.15, 0.2) is 0 Å². The molecule has 2 aromatic rings. The summed E-state index contributed by atoms with van der Waals surface area (Å²) < 4.78 is 18.4. The number of benzene rings is 1. The Morgan fingerprint density at radius 1 is 1.29 bits per heavy atom. The van der Waals surface area contributed by atoms with Crippen LogP contribution in [0.5, 0.6) is 0 Å². The van der Waals surface area contributed by atoms with Crippen LogP contribution in [0.3, 0.4) is 0 Å². The van der Waals surface area contributed by atoms with Crippen LogP contribution < -0.4 is 10.6 Å². The number of anilines is 2. The number of nitrogens with zero attached hydrogens (tertiary/aromatic N) is 1. The van der Waals surface area contributed by atoms with E-state index in [-0.39, 0.29) is 11.1 Å². The Morgan fingerprint density at radius 3 is 2.57 bits per heavy atom. The van der Waals surface area contributed by atoms with Gasteiger partial charge in [-0.2, -0.15) is 4.37 Å². The summed E-state index contributed by atoms with van der Waals surface area (Å²) in [6.07, 6.45) is 0. The lowest BCUT2D eigenvalue weighted by molar-refractivity contribution is 0.262. The van der Waals surface area contributed by atoms with E-state index in [2.05, 4.69) is 51.7 Å². The van der Waals surface area contributed by atoms with Crippen LogP contribution in [0.1, 0.15) is 25.6 Å². The van der Waals surface area contributed by atoms with Gasteiger partial charge in [0.05, 0.1) is 5.69 Å². The number of halogens is 2. The predicted molar refractivity (Wildman–Crippen MR) is 87.6 cm³/mol. The standard InChI is InChI=1S/C14H15BrFN3OS/c1-14(2,3)11-7-12(19-21-11)18-13(20)17-10-5-4-8(15)6-9(10)16/h4-7H,1-3H3,(H2,17,18,19,20). The quantitative estimate of drug-likeness (QED) is 0.781. The highest BCUT2D eigenvalue weighted by atomic mass is 79.9. The molecule has 0 radical (unpaired) electrons. The van der Waals surface area contributed by atoms with Crippen molar-refractivity contribution in [1.29, 1.82) is 0 Å². The van der Waals surface area contributed by atoms with E-state index in [1.807, 2.05) is 6.07 Å². The van der Waals surface area contributed by atoms with Gasteiger partial charge in [-0.05, 0) is 41.2 Å². The Labute approximate surface area is 135 Å². The molecule has 0 aliphatic carbocycles. The van der Waals surface area contributed by atoms with E-state index in [0.717, 1.165) is 4.88 Å². The fourth-order valence-corrected chi connectivity index (χ4v) is 2.61. The molecule has 0 unspecified atom stereocenters. The largest absolute Gasteiger partial charge is 0.324 e.